The largest absolute Gasteiger partial charge is 0.494 e. The molecular weight excluding hydrogens is 370 g/mol. The predicted molar refractivity (Wildman–Crippen MR) is 111 cm³/mol. The highest BCUT2D eigenvalue weighted by atomic mass is 16.7. The maximum atomic E-state index is 12.2. The number of unbranched alkanes of at least 4 members (excludes halogenated alkanes) is 2. The molecule has 7 heteroatoms. The van der Waals surface area contributed by atoms with Crippen molar-refractivity contribution in [3.8, 4) is 17.2 Å². The maximum Gasteiger partial charge on any atom is 0.276 e. The molecule has 0 bridgehead atoms. The minimum absolute atomic E-state index is 0.213. The fourth-order valence-electron chi connectivity index (χ4n) is 3.00. The lowest BCUT2D eigenvalue weighted by Crippen LogP contribution is -2.29. The molecule has 1 amide bonds. The van der Waals surface area contributed by atoms with Gasteiger partial charge in [0.15, 0.2) is 11.5 Å². The Hall–Kier alpha value is -3.48. The van der Waals surface area contributed by atoms with E-state index in [-0.39, 0.29) is 12.7 Å². The van der Waals surface area contributed by atoms with Crippen molar-refractivity contribution in [2.24, 2.45) is 4.99 Å². The Kier molecular flexibility index (Phi) is 5.65. The topological polar surface area (TPSA) is 81.2 Å². The standard InChI is InChI=1S/C22H23N3O4/c1-2-3-4-11-27-17-8-6-16(7-9-17)23-22-24-18(21(26)25-22)12-15-5-10-19-20(13-15)29-14-28-19/h5-10,12-13H,2-4,11,14H2,1H3,(H2,23,24,25,26)/b18-12-. The Balaban J connectivity index is 1.39. The second kappa shape index (κ2) is 8.68. The number of rotatable bonds is 7. The van der Waals surface area contributed by atoms with E-state index < -0.39 is 0 Å². The van der Waals surface area contributed by atoms with Gasteiger partial charge in [0, 0.05) is 5.69 Å². The Morgan fingerprint density at radius 3 is 2.79 bits per heavy atom. The molecule has 0 unspecified atom stereocenters. The molecule has 0 aromatic heterocycles. The fourth-order valence-corrected chi connectivity index (χ4v) is 3.00. The van der Waals surface area contributed by atoms with Gasteiger partial charge in [-0.1, -0.05) is 25.8 Å². The van der Waals surface area contributed by atoms with Crippen LogP contribution in [0.2, 0.25) is 0 Å². The number of hydrogen-bond acceptors (Lipinski definition) is 6. The van der Waals surface area contributed by atoms with Gasteiger partial charge in [0.25, 0.3) is 5.91 Å². The van der Waals surface area contributed by atoms with E-state index in [0.717, 1.165) is 30.0 Å². The van der Waals surface area contributed by atoms with E-state index in [0.29, 0.717) is 23.2 Å². The normalized spacial score (nSPS) is 16.0. The van der Waals surface area contributed by atoms with Crippen molar-refractivity contribution in [3.05, 3.63) is 53.7 Å². The van der Waals surface area contributed by atoms with Crippen LogP contribution >= 0.6 is 0 Å². The van der Waals surface area contributed by atoms with Crippen LogP contribution in [0, 0.1) is 0 Å². The first-order chi connectivity index (χ1) is 14.2. The summed E-state index contributed by atoms with van der Waals surface area (Å²) in [4.78, 5) is 16.6. The van der Waals surface area contributed by atoms with Crippen LogP contribution in [0.15, 0.2) is 53.2 Å². The van der Waals surface area contributed by atoms with E-state index in [2.05, 4.69) is 22.5 Å². The monoisotopic (exact) mass is 393 g/mol. The molecule has 29 heavy (non-hydrogen) atoms. The Morgan fingerprint density at radius 1 is 1.14 bits per heavy atom. The van der Waals surface area contributed by atoms with Crippen molar-refractivity contribution in [1.29, 1.82) is 0 Å². The van der Waals surface area contributed by atoms with E-state index >= 15 is 0 Å². The van der Waals surface area contributed by atoms with E-state index in [1.54, 1.807) is 6.08 Å². The van der Waals surface area contributed by atoms with Crippen LogP contribution in [0.4, 0.5) is 5.69 Å². The summed E-state index contributed by atoms with van der Waals surface area (Å²) in [6.07, 6.45) is 5.10. The molecule has 2 N–H and O–H groups in total. The number of hydrogen-bond donors (Lipinski definition) is 2. The number of carbonyl (C=O) groups excluding carboxylic acids is 1. The summed E-state index contributed by atoms with van der Waals surface area (Å²) in [6.45, 7) is 3.10. The molecule has 0 fully saturated rings. The maximum absolute atomic E-state index is 12.2. The molecule has 0 atom stereocenters. The summed E-state index contributed by atoms with van der Waals surface area (Å²) in [5, 5.41) is 5.84. The molecule has 2 aromatic rings. The summed E-state index contributed by atoms with van der Waals surface area (Å²) in [5.74, 6) is 2.32. The number of guanidine groups is 1. The second-order valence-corrected chi connectivity index (χ2v) is 6.76. The SMILES string of the molecule is CCCCCOc1ccc(NC2=N/C(=C\c3ccc4c(c3)OCO4)C(=O)N2)cc1. The quantitative estimate of drug-likeness (QED) is 0.550. The summed E-state index contributed by atoms with van der Waals surface area (Å²) >= 11 is 0. The smallest absolute Gasteiger partial charge is 0.276 e. The van der Waals surface area contributed by atoms with E-state index in [1.807, 2.05) is 42.5 Å². The Morgan fingerprint density at radius 2 is 1.97 bits per heavy atom. The number of nitrogens with zero attached hydrogens (tertiary/aromatic N) is 1. The van der Waals surface area contributed by atoms with Gasteiger partial charge in [-0.2, -0.15) is 0 Å². The van der Waals surface area contributed by atoms with Crippen LogP contribution in [0.25, 0.3) is 6.08 Å². The third-order valence-electron chi connectivity index (χ3n) is 4.53. The van der Waals surface area contributed by atoms with E-state index in [1.165, 1.54) is 12.8 Å². The number of anilines is 1. The molecule has 2 aliphatic heterocycles. The molecular formula is C22H23N3O4. The van der Waals surface area contributed by atoms with Gasteiger partial charge in [-0.15, -0.1) is 0 Å². The highest BCUT2D eigenvalue weighted by Gasteiger charge is 2.21. The molecule has 0 spiro atoms. The zero-order chi connectivity index (χ0) is 20.1. The summed E-state index contributed by atoms with van der Waals surface area (Å²) in [6, 6.07) is 13.1. The first-order valence-electron chi connectivity index (χ1n) is 9.72. The first-order valence-corrected chi connectivity index (χ1v) is 9.72. The van der Waals surface area contributed by atoms with Gasteiger partial charge in [0.05, 0.1) is 6.61 Å². The molecule has 2 aliphatic rings. The van der Waals surface area contributed by atoms with Crippen molar-refractivity contribution < 1.29 is 19.0 Å². The van der Waals surface area contributed by atoms with Crippen LogP contribution in [0.5, 0.6) is 17.2 Å². The third kappa shape index (κ3) is 4.68. The average molecular weight is 393 g/mol. The van der Waals surface area contributed by atoms with E-state index in [9.17, 15) is 4.79 Å². The van der Waals surface area contributed by atoms with Crippen LogP contribution < -0.4 is 24.8 Å². The van der Waals surface area contributed by atoms with Crippen LogP contribution in [-0.4, -0.2) is 25.3 Å². The fraction of sp³-hybridized carbons (Fsp3) is 0.273. The molecule has 2 aromatic carbocycles. The molecule has 0 aliphatic carbocycles. The van der Waals surface area contributed by atoms with Crippen molar-refractivity contribution in [1.82, 2.24) is 5.32 Å². The lowest BCUT2D eigenvalue weighted by Gasteiger charge is -2.08. The molecule has 0 saturated carbocycles. The van der Waals surface area contributed by atoms with Crippen molar-refractivity contribution >= 4 is 23.6 Å². The molecule has 0 radical (unpaired) electrons. The summed E-state index contributed by atoms with van der Waals surface area (Å²) < 4.78 is 16.4. The number of nitrogens with one attached hydrogen (secondary N) is 2. The zero-order valence-electron chi connectivity index (χ0n) is 16.2. The average Bonchev–Trinajstić information content (AvgIpc) is 3.32. The van der Waals surface area contributed by atoms with Gasteiger partial charge < -0.3 is 19.5 Å². The highest BCUT2D eigenvalue weighted by Crippen LogP contribution is 2.33. The minimum atomic E-state index is -0.263. The van der Waals surface area contributed by atoms with Crippen molar-refractivity contribution in [3.63, 3.8) is 0 Å². The number of aliphatic imine (C=N–C) groups is 1. The lowest BCUT2D eigenvalue weighted by atomic mass is 10.1. The van der Waals surface area contributed by atoms with Crippen LogP contribution in [-0.2, 0) is 4.79 Å². The number of fused-ring (bicyclic) bond motifs is 1. The zero-order valence-corrected chi connectivity index (χ0v) is 16.2. The number of carbonyl (C=O) groups is 1. The Bertz CT molecular complexity index is 951. The molecule has 4 rings (SSSR count). The lowest BCUT2D eigenvalue weighted by molar-refractivity contribution is -0.115. The van der Waals surface area contributed by atoms with Crippen molar-refractivity contribution in [2.45, 2.75) is 26.2 Å². The molecule has 0 saturated heterocycles. The summed E-state index contributed by atoms with van der Waals surface area (Å²) in [5.41, 5.74) is 1.95. The Labute approximate surface area is 169 Å². The highest BCUT2D eigenvalue weighted by molar-refractivity contribution is 6.17. The van der Waals surface area contributed by atoms with Gasteiger partial charge in [-0.05, 0) is 54.5 Å². The third-order valence-corrected chi connectivity index (χ3v) is 4.53. The minimum Gasteiger partial charge on any atom is -0.494 e. The van der Waals surface area contributed by atoms with Gasteiger partial charge in [-0.3, -0.25) is 10.1 Å². The molecule has 2 heterocycles. The van der Waals surface area contributed by atoms with Crippen LogP contribution in [0.3, 0.4) is 0 Å². The van der Waals surface area contributed by atoms with Gasteiger partial charge in [0.1, 0.15) is 11.4 Å². The summed E-state index contributed by atoms with van der Waals surface area (Å²) in [7, 11) is 0. The van der Waals surface area contributed by atoms with E-state index in [4.69, 9.17) is 14.2 Å². The predicted octanol–water partition coefficient (Wildman–Crippen LogP) is 3.92. The molecule has 150 valence electrons. The number of amides is 1. The number of ether oxygens (including phenoxy) is 3. The van der Waals surface area contributed by atoms with Crippen LogP contribution in [0.1, 0.15) is 31.7 Å². The molecule has 7 nitrogen and oxygen atoms in total. The van der Waals surface area contributed by atoms with Gasteiger partial charge in [-0.25, -0.2) is 4.99 Å². The number of benzene rings is 2. The van der Waals surface area contributed by atoms with Crippen molar-refractivity contribution in [2.75, 3.05) is 18.7 Å². The second-order valence-electron chi connectivity index (χ2n) is 6.76. The van der Waals surface area contributed by atoms with Gasteiger partial charge >= 0.3 is 0 Å². The first kappa shape index (κ1) is 18.9. The van der Waals surface area contributed by atoms with Gasteiger partial charge in [0.2, 0.25) is 12.8 Å².